The standard InChI is InChI=1S/C32H49N5O2/c1-3-4-5-6-7-8-9-10-11-12-13-14-15-16-17-18-19-31(39)34-26-20-21-28-29(22-26)36-32(35-28)30-23-27(33-25-38)24-37(30)2/h20-25H,3-19H2,1-2H3,(H,33,38)(H,34,39)(H,35,36). The minimum absolute atomic E-state index is 0.0615. The van der Waals surface area contributed by atoms with E-state index in [1.165, 1.54) is 89.9 Å². The smallest absolute Gasteiger partial charge is 0.224 e. The van der Waals surface area contributed by atoms with Crippen LogP contribution in [-0.4, -0.2) is 26.9 Å². The summed E-state index contributed by atoms with van der Waals surface area (Å²) in [5.41, 5.74) is 4.03. The van der Waals surface area contributed by atoms with Gasteiger partial charge in [-0.3, -0.25) is 9.59 Å². The van der Waals surface area contributed by atoms with Crippen LogP contribution in [0, 0.1) is 0 Å². The Morgan fingerprint density at radius 2 is 1.44 bits per heavy atom. The maximum atomic E-state index is 12.5. The summed E-state index contributed by atoms with van der Waals surface area (Å²) in [4.78, 5) is 31.2. The molecular weight excluding hydrogens is 486 g/mol. The molecule has 0 unspecified atom stereocenters. The van der Waals surface area contributed by atoms with E-state index in [-0.39, 0.29) is 5.91 Å². The van der Waals surface area contributed by atoms with Crippen LogP contribution < -0.4 is 10.6 Å². The second-order valence-corrected chi connectivity index (χ2v) is 10.9. The molecule has 0 bridgehead atoms. The lowest BCUT2D eigenvalue weighted by atomic mass is 10.0. The lowest BCUT2D eigenvalue weighted by Crippen LogP contribution is -2.10. The number of carbonyl (C=O) groups is 2. The molecule has 7 heteroatoms. The minimum Gasteiger partial charge on any atom is -0.346 e. The Labute approximate surface area is 234 Å². The first-order chi connectivity index (χ1) is 19.1. The summed E-state index contributed by atoms with van der Waals surface area (Å²) in [7, 11) is 1.91. The molecule has 3 rings (SSSR count). The van der Waals surface area contributed by atoms with Crippen LogP contribution >= 0.6 is 0 Å². The maximum Gasteiger partial charge on any atom is 0.224 e. The van der Waals surface area contributed by atoms with E-state index in [1.807, 2.05) is 42.1 Å². The molecule has 3 N–H and O–H groups in total. The van der Waals surface area contributed by atoms with Crippen LogP contribution in [0.15, 0.2) is 30.5 Å². The van der Waals surface area contributed by atoms with Crippen molar-refractivity contribution in [2.24, 2.45) is 7.05 Å². The molecule has 2 amide bonds. The summed E-state index contributed by atoms with van der Waals surface area (Å²) < 4.78 is 1.91. The van der Waals surface area contributed by atoms with Crippen LogP contribution in [0.1, 0.15) is 116 Å². The number of unbranched alkanes of at least 4 members (excludes halogenated alkanes) is 15. The van der Waals surface area contributed by atoms with Gasteiger partial charge in [-0.15, -0.1) is 0 Å². The number of carbonyl (C=O) groups excluding carboxylic acids is 2. The average molecular weight is 536 g/mol. The highest BCUT2D eigenvalue weighted by molar-refractivity contribution is 5.93. The van der Waals surface area contributed by atoms with Crippen LogP contribution in [0.5, 0.6) is 0 Å². The zero-order valence-electron chi connectivity index (χ0n) is 24.2. The number of hydrogen-bond donors (Lipinski definition) is 3. The second kappa shape index (κ2) is 17.5. The number of aromatic nitrogens is 3. The van der Waals surface area contributed by atoms with Crippen molar-refractivity contribution in [1.82, 2.24) is 14.5 Å². The highest BCUT2D eigenvalue weighted by atomic mass is 16.1. The maximum absolute atomic E-state index is 12.5. The molecule has 39 heavy (non-hydrogen) atoms. The van der Waals surface area contributed by atoms with Gasteiger partial charge in [-0.25, -0.2) is 4.98 Å². The lowest BCUT2D eigenvalue weighted by Gasteiger charge is -2.06. The predicted molar refractivity (Wildman–Crippen MR) is 163 cm³/mol. The van der Waals surface area contributed by atoms with Gasteiger partial charge in [0.25, 0.3) is 0 Å². The summed E-state index contributed by atoms with van der Waals surface area (Å²) in [6.45, 7) is 2.28. The van der Waals surface area contributed by atoms with E-state index in [1.54, 1.807) is 0 Å². The summed E-state index contributed by atoms with van der Waals surface area (Å²) in [6.07, 6.45) is 24.3. The molecule has 0 spiro atoms. The second-order valence-electron chi connectivity index (χ2n) is 10.9. The number of fused-ring (bicyclic) bond motifs is 1. The van der Waals surface area contributed by atoms with Crippen molar-refractivity contribution in [2.45, 2.75) is 116 Å². The van der Waals surface area contributed by atoms with Gasteiger partial charge in [0.05, 0.1) is 22.4 Å². The quantitative estimate of drug-likeness (QED) is 0.0940. The van der Waals surface area contributed by atoms with Gasteiger partial charge >= 0.3 is 0 Å². The molecule has 0 saturated carbocycles. The van der Waals surface area contributed by atoms with Gasteiger partial charge in [-0.05, 0) is 30.7 Å². The monoisotopic (exact) mass is 535 g/mol. The zero-order valence-corrected chi connectivity index (χ0v) is 24.2. The summed E-state index contributed by atoms with van der Waals surface area (Å²) >= 11 is 0. The number of imidazole rings is 1. The Balaban J connectivity index is 1.24. The first kappa shape index (κ1) is 30.5. The van der Waals surface area contributed by atoms with Gasteiger partial charge in [0, 0.05) is 25.4 Å². The molecule has 0 radical (unpaired) electrons. The van der Waals surface area contributed by atoms with E-state index >= 15 is 0 Å². The van der Waals surface area contributed by atoms with Gasteiger partial charge in [-0.2, -0.15) is 0 Å². The van der Waals surface area contributed by atoms with E-state index in [9.17, 15) is 9.59 Å². The fourth-order valence-electron chi connectivity index (χ4n) is 5.21. The Morgan fingerprint density at radius 1 is 0.846 bits per heavy atom. The predicted octanol–water partition coefficient (Wildman–Crippen LogP) is 8.73. The highest BCUT2D eigenvalue weighted by Gasteiger charge is 2.11. The van der Waals surface area contributed by atoms with E-state index in [2.05, 4.69) is 27.5 Å². The molecule has 0 atom stereocenters. The molecule has 2 aromatic heterocycles. The number of anilines is 2. The Hall–Kier alpha value is -3.09. The Bertz CT molecular complexity index is 1130. The van der Waals surface area contributed by atoms with Crippen LogP contribution in [0.25, 0.3) is 22.6 Å². The molecule has 0 aliphatic heterocycles. The van der Waals surface area contributed by atoms with Crippen molar-refractivity contribution in [1.29, 1.82) is 0 Å². The fraction of sp³-hybridized carbons (Fsp3) is 0.594. The van der Waals surface area contributed by atoms with Crippen molar-refractivity contribution < 1.29 is 9.59 Å². The van der Waals surface area contributed by atoms with Crippen molar-refractivity contribution >= 4 is 34.7 Å². The molecular formula is C32H49N5O2. The molecule has 0 fully saturated rings. The first-order valence-electron chi connectivity index (χ1n) is 15.3. The number of amides is 2. The third-order valence-corrected chi connectivity index (χ3v) is 7.50. The summed E-state index contributed by atoms with van der Waals surface area (Å²) in [6, 6.07) is 7.59. The first-order valence-corrected chi connectivity index (χ1v) is 15.3. The van der Waals surface area contributed by atoms with E-state index < -0.39 is 0 Å². The third kappa shape index (κ3) is 10.9. The van der Waals surface area contributed by atoms with E-state index in [0.717, 1.165) is 35.3 Å². The number of aromatic amines is 1. The SMILES string of the molecule is CCCCCCCCCCCCCCCCCCC(=O)Nc1ccc2nc(-c3cc(NC=O)cn3C)[nH]c2c1. The van der Waals surface area contributed by atoms with Gasteiger partial charge in [-0.1, -0.05) is 103 Å². The van der Waals surface area contributed by atoms with Gasteiger partial charge < -0.3 is 20.2 Å². The number of nitrogens with one attached hydrogen (secondary N) is 3. The van der Waals surface area contributed by atoms with Crippen molar-refractivity contribution in [3.05, 3.63) is 30.5 Å². The molecule has 2 heterocycles. The van der Waals surface area contributed by atoms with Crippen molar-refractivity contribution in [3.63, 3.8) is 0 Å². The third-order valence-electron chi connectivity index (χ3n) is 7.50. The van der Waals surface area contributed by atoms with Crippen molar-refractivity contribution in [2.75, 3.05) is 10.6 Å². The highest BCUT2D eigenvalue weighted by Crippen LogP contribution is 2.26. The van der Waals surface area contributed by atoms with Crippen molar-refractivity contribution in [3.8, 4) is 11.5 Å². The van der Waals surface area contributed by atoms with E-state index in [4.69, 9.17) is 0 Å². The van der Waals surface area contributed by atoms with Crippen LogP contribution in [0.4, 0.5) is 11.4 Å². The molecule has 1 aromatic carbocycles. The van der Waals surface area contributed by atoms with Crippen LogP contribution in [0.2, 0.25) is 0 Å². The molecule has 0 aliphatic rings. The number of aryl methyl sites for hydroxylation is 1. The number of rotatable bonds is 21. The summed E-state index contributed by atoms with van der Waals surface area (Å²) in [5.74, 6) is 0.773. The summed E-state index contributed by atoms with van der Waals surface area (Å²) in [5, 5.41) is 5.69. The molecule has 214 valence electrons. The molecule has 0 saturated heterocycles. The average Bonchev–Trinajstić information content (AvgIpc) is 3.51. The molecule has 7 nitrogen and oxygen atoms in total. The number of hydrogen-bond acceptors (Lipinski definition) is 3. The lowest BCUT2D eigenvalue weighted by molar-refractivity contribution is -0.116. The molecule has 0 aliphatic carbocycles. The number of benzene rings is 1. The zero-order chi connectivity index (χ0) is 27.7. The molecule has 3 aromatic rings. The van der Waals surface area contributed by atoms with Gasteiger partial charge in [0.2, 0.25) is 12.3 Å². The topological polar surface area (TPSA) is 91.8 Å². The van der Waals surface area contributed by atoms with Gasteiger partial charge in [0.1, 0.15) is 0 Å². The minimum atomic E-state index is 0.0615. The van der Waals surface area contributed by atoms with Crippen LogP contribution in [0.3, 0.4) is 0 Å². The van der Waals surface area contributed by atoms with E-state index in [0.29, 0.717) is 24.3 Å². The number of H-pyrrole nitrogens is 1. The number of nitrogens with zero attached hydrogens (tertiary/aromatic N) is 2. The largest absolute Gasteiger partial charge is 0.346 e. The Morgan fingerprint density at radius 3 is 2.03 bits per heavy atom. The fourth-order valence-corrected chi connectivity index (χ4v) is 5.21. The van der Waals surface area contributed by atoms with Crippen LogP contribution in [-0.2, 0) is 16.6 Å². The Kier molecular flexibility index (Phi) is 13.7. The normalized spacial score (nSPS) is 11.2. The van der Waals surface area contributed by atoms with Gasteiger partial charge in [0.15, 0.2) is 5.82 Å².